The van der Waals surface area contributed by atoms with Crippen molar-refractivity contribution in [3.8, 4) is 0 Å². The van der Waals surface area contributed by atoms with Crippen LogP contribution in [0.5, 0.6) is 0 Å². The standard InChI is InChI=1S/C22H39N/c1-5-6-7-8-9-10-11-12-13-14-18-22(4,23)21-17-15-16-19(2)20(21)3/h15-17H,5-14,18,23H2,1-4H3. The molecule has 2 N–H and O–H groups in total. The Balaban J connectivity index is 2.18. The van der Waals surface area contributed by atoms with Crippen LogP contribution in [0.4, 0.5) is 0 Å². The summed E-state index contributed by atoms with van der Waals surface area (Å²) in [6.45, 7) is 8.86. The molecule has 0 fully saturated rings. The summed E-state index contributed by atoms with van der Waals surface area (Å²) >= 11 is 0. The van der Waals surface area contributed by atoms with Crippen molar-refractivity contribution in [3.05, 3.63) is 34.9 Å². The third-order valence-corrected chi connectivity index (χ3v) is 5.27. The van der Waals surface area contributed by atoms with Crippen LogP contribution in [0.1, 0.15) is 101 Å². The molecule has 0 saturated carbocycles. The Labute approximate surface area is 145 Å². The number of unbranched alkanes of at least 4 members (excludes halogenated alkanes) is 9. The minimum absolute atomic E-state index is 0.184. The van der Waals surface area contributed by atoms with Crippen LogP contribution in [0, 0.1) is 13.8 Å². The van der Waals surface area contributed by atoms with Crippen LogP contribution in [0.2, 0.25) is 0 Å². The van der Waals surface area contributed by atoms with E-state index < -0.39 is 0 Å². The Hall–Kier alpha value is -0.820. The molecule has 1 aromatic rings. The highest BCUT2D eigenvalue weighted by atomic mass is 14.7. The lowest BCUT2D eigenvalue weighted by Crippen LogP contribution is -2.33. The highest BCUT2D eigenvalue weighted by molar-refractivity contribution is 5.37. The Morgan fingerprint density at radius 2 is 1.35 bits per heavy atom. The van der Waals surface area contributed by atoms with Crippen molar-refractivity contribution in [2.75, 3.05) is 0 Å². The van der Waals surface area contributed by atoms with E-state index in [-0.39, 0.29) is 5.54 Å². The van der Waals surface area contributed by atoms with Crippen LogP contribution in [-0.4, -0.2) is 0 Å². The highest BCUT2D eigenvalue weighted by Crippen LogP contribution is 2.28. The molecule has 0 aliphatic heterocycles. The Bertz CT molecular complexity index is 434. The smallest absolute Gasteiger partial charge is 0.0383 e. The van der Waals surface area contributed by atoms with Crippen LogP contribution in [0.25, 0.3) is 0 Å². The molecule has 1 rings (SSSR count). The van der Waals surface area contributed by atoms with E-state index in [4.69, 9.17) is 5.73 Å². The lowest BCUT2D eigenvalue weighted by Gasteiger charge is -2.28. The molecular weight excluding hydrogens is 278 g/mol. The van der Waals surface area contributed by atoms with Crippen molar-refractivity contribution in [2.45, 2.75) is 104 Å². The molecule has 0 aromatic heterocycles. The second kappa shape index (κ2) is 10.9. The molecule has 1 atom stereocenters. The molecule has 0 radical (unpaired) electrons. The van der Waals surface area contributed by atoms with E-state index in [1.165, 1.54) is 80.9 Å². The summed E-state index contributed by atoms with van der Waals surface area (Å²) in [4.78, 5) is 0. The van der Waals surface area contributed by atoms with Crippen LogP contribution in [0.3, 0.4) is 0 Å². The SMILES string of the molecule is CCCCCCCCCCCCC(C)(N)c1cccc(C)c1C. The maximum absolute atomic E-state index is 6.62. The Morgan fingerprint density at radius 3 is 1.91 bits per heavy atom. The van der Waals surface area contributed by atoms with Gasteiger partial charge in [-0.05, 0) is 43.9 Å². The van der Waals surface area contributed by atoms with Crippen molar-refractivity contribution < 1.29 is 0 Å². The molecule has 0 spiro atoms. The molecule has 1 aromatic carbocycles. The fourth-order valence-electron chi connectivity index (χ4n) is 3.48. The van der Waals surface area contributed by atoms with Gasteiger partial charge in [-0.15, -0.1) is 0 Å². The van der Waals surface area contributed by atoms with Crippen LogP contribution in [0.15, 0.2) is 18.2 Å². The lowest BCUT2D eigenvalue weighted by atomic mass is 9.83. The van der Waals surface area contributed by atoms with Gasteiger partial charge >= 0.3 is 0 Å². The minimum Gasteiger partial charge on any atom is -0.322 e. The second-order valence-electron chi connectivity index (χ2n) is 7.60. The summed E-state index contributed by atoms with van der Waals surface area (Å²) in [5.74, 6) is 0. The molecule has 1 unspecified atom stereocenters. The van der Waals surface area contributed by atoms with Gasteiger partial charge in [0.2, 0.25) is 0 Å². The van der Waals surface area contributed by atoms with Gasteiger partial charge in [-0.25, -0.2) is 0 Å². The van der Waals surface area contributed by atoms with E-state index in [1.54, 1.807) is 0 Å². The Kier molecular flexibility index (Phi) is 9.55. The summed E-state index contributed by atoms with van der Waals surface area (Å²) in [6.07, 6.45) is 14.9. The zero-order chi connectivity index (χ0) is 17.1. The third kappa shape index (κ3) is 7.52. The van der Waals surface area contributed by atoms with E-state index in [0.29, 0.717) is 0 Å². The van der Waals surface area contributed by atoms with Crippen molar-refractivity contribution >= 4 is 0 Å². The van der Waals surface area contributed by atoms with Crippen LogP contribution in [-0.2, 0) is 5.54 Å². The van der Waals surface area contributed by atoms with Gasteiger partial charge in [0.1, 0.15) is 0 Å². The quantitative estimate of drug-likeness (QED) is 0.422. The number of hydrogen-bond acceptors (Lipinski definition) is 1. The Morgan fingerprint density at radius 1 is 0.826 bits per heavy atom. The summed E-state index contributed by atoms with van der Waals surface area (Å²) in [7, 11) is 0. The number of benzene rings is 1. The van der Waals surface area contributed by atoms with Crippen molar-refractivity contribution in [3.63, 3.8) is 0 Å². The van der Waals surface area contributed by atoms with Gasteiger partial charge in [-0.3, -0.25) is 0 Å². The minimum atomic E-state index is -0.184. The van der Waals surface area contributed by atoms with Crippen molar-refractivity contribution in [2.24, 2.45) is 5.73 Å². The lowest BCUT2D eigenvalue weighted by molar-refractivity contribution is 0.418. The van der Waals surface area contributed by atoms with E-state index >= 15 is 0 Å². The highest BCUT2D eigenvalue weighted by Gasteiger charge is 2.22. The molecule has 1 heteroatoms. The molecule has 0 heterocycles. The van der Waals surface area contributed by atoms with Crippen LogP contribution >= 0.6 is 0 Å². The summed E-state index contributed by atoms with van der Waals surface area (Å²) in [5.41, 5.74) is 10.5. The van der Waals surface area contributed by atoms with E-state index in [0.717, 1.165) is 6.42 Å². The van der Waals surface area contributed by atoms with Gasteiger partial charge in [0.25, 0.3) is 0 Å². The fraction of sp³-hybridized carbons (Fsp3) is 0.727. The van der Waals surface area contributed by atoms with Crippen LogP contribution < -0.4 is 5.73 Å². The van der Waals surface area contributed by atoms with Crippen molar-refractivity contribution in [1.29, 1.82) is 0 Å². The predicted octanol–water partition coefficient (Wildman–Crippen LogP) is 6.79. The molecule has 23 heavy (non-hydrogen) atoms. The first-order valence-corrected chi connectivity index (χ1v) is 9.84. The number of rotatable bonds is 12. The number of nitrogens with two attached hydrogens (primary N) is 1. The molecule has 0 saturated heterocycles. The van der Waals surface area contributed by atoms with E-state index in [9.17, 15) is 0 Å². The topological polar surface area (TPSA) is 26.0 Å². The molecular formula is C22H39N. The zero-order valence-electron chi connectivity index (χ0n) is 16.1. The van der Waals surface area contributed by atoms with Crippen molar-refractivity contribution in [1.82, 2.24) is 0 Å². The van der Waals surface area contributed by atoms with Gasteiger partial charge in [-0.2, -0.15) is 0 Å². The van der Waals surface area contributed by atoms with Gasteiger partial charge in [0.05, 0.1) is 0 Å². The summed E-state index contributed by atoms with van der Waals surface area (Å²) in [6, 6.07) is 6.52. The third-order valence-electron chi connectivity index (χ3n) is 5.27. The molecule has 0 bridgehead atoms. The molecule has 0 aliphatic carbocycles. The molecule has 1 nitrogen and oxygen atoms in total. The fourth-order valence-corrected chi connectivity index (χ4v) is 3.48. The summed E-state index contributed by atoms with van der Waals surface area (Å²) < 4.78 is 0. The maximum Gasteiger partial charge on any atom is 0.0383 e. The average Bonchev–Trinajstić information content (AvgIpc) is 2.51. The van der Waals surface area contributed by atoms with Gasteiger partial charge in [-0.1, -0.05) is 89.3 Å². The number of aryl methyl sites for hydroxylation is 1. The largest absolute Gasteiger partial charge is 0.322 e. The van der Waals surface area contributed by atoms with Gasteiger partial charge in [0.15, 0.2) is 0 Å². The zero-order valence-corrected chi connectivity index (χ0v) is 16.1. The first-order valence-electron chi connectivity index (χ1n) is 9.84. The maximum atomic E-state index is 6.62. The first-order chi connectivity index (χ1) is 11.0. The summed E-state index contributed by atoms with van der Waals surface area (Å²) in [5, 5.41) is 0. The monoisotopic (exact) mass is 317 g/mol. The van der Waals surface area contributed by atoms with E-state index in [2.05, 4.69) is 45.9 Å². The average molecular weight is 318 g/mol. The first kappa shape index (κ1) is 20.2. The second-order valence-corrected chi connectivity index (χ2v) is 7.60. The normalized spacial score (nSPS) is 14.0. The predicted molar refractivity (Wildman–Crippen MR) is 104 cm³/mol. The number of hydrogen-bond donors (Lipinski definition) is 1. The molecule has 0 amide bonds. The molecule has 0 aliphatic rings. The van der Waals surface area contributed by atoms with Gasteiger partial charge in [0, 0.05) is 5.54 Å². The van der Waals surface area contributed by atoms with E-state index in [1.807, 2.05) is 0 Å². The van der Waals surface area contributed by atoms with Gasteiger partial charge < -0.3 is 5.73 Å². The molecule has 132 valence electrons.